The highest BCUT2D eigenvalue weighted by molar-refractivity contribution is 6.10. The molecule has 1 N–H and O–H groups in total. The Morgan fingerprint density at radius 1 is 1.18 bits per heavy atom. The lowest BCUT2D eigenvalue weighted by Crippen LogP contribution is -2.14. The summed E-state index contributed by atoms with van der Waals surface area (Å²) in [4.78, 5) is 12.0. The maximum absolute atomic E-state index is 12.0. The number of allylic oxidation sites excluding steroid dienone is 1. The lowest BCUT2D eigenvalue weighted by Gasteiger charge is -2.19. The summed E-state index contributed by atoms with van der Waals surface area (Å²) in [5.74, 6) is 1.00. The smallest absolute Gasteiger partial charge is 0.192 e. The zero-order valence-corrected chi connectivity index (χ0v) is 9.82. The van der Waals surface area contributed by atoms with Crippen molar-refractivity contribution < 1.29 is 19.4 Å². The highest BCUT2D eigenvalue weighted by Gasteiger charge is 2.24. The minimum absolute atomic E-state index is 0.144. The van der Waals surface area contributed by atoms with Crippen molar-refractivity contribution in [1.29, 1.82) is 0 Å². The molecule has 1 aliphatic rings. The maximum Gasteiger partial charge on any atom is 0.192 e. The summed E-state index contributed by atoms with van der Waals surface area (Å²) in [7, 11) is 3.09. The Balaban J connectivity index is 2.54. The van der Waals surface area contributed by atoms with Crippen LogP contribution in [0.25, 0.3) is 0 Å². The first-order chi connectivity index (χ1) is 8.21. The van der Waals surface area contributed by atoms with Gasteiger partial charge in [0.25, 0.3) is 0 Å². The second-order valence-corrected chi connectivity index (χ2v) is 3.85. The fraction of sp³-hybridized carbons (Fsp3) is 0.308. The monoisotopic (exact) mass is 234 g/mol. The molecule has 4 nitrogen and oxygen atoms in total. The van der Waals surface area contributed by atoms with E-state index in [9.17, 15) is 4.79 Å². The third-order valence-electron chi connectivity index (χ3n) is 2.97. The van der Waals surface area contributed by atoms with Crippen LogP contribution in [0.15, 0.2) is 24.0 Å². The van der Waals surface area contributed by atoms with Gasteiger partial charge in [0.2, 0.25) is 0 Å². The normalized spacial score (nSPS) is 16.8. The molecule has 0 atom stereocenters. The number of benzene rings is 1. The number of methoxy groups -OCH3 is 2. The van der Waals surface area contributed by atoms with Gasteiger partial charge in [0.1, 0.15) is 0 Å². The van der Waals surface area contributed by atoms with Gasteiger partial charge in [-0.15, -0.1) is 0 Å². The predicted octanol–water partition coefficient (Wildman–Crippen LogP) is 2.27. The number of Topliss-reactive ketones (excluding diaryl/α,β-unsaturated/α-hetero) is 1. The number of ketones is 1. The van der Waals surface area contributed by atoms with Gasteiger partial charge in [-0.3, -0.25) is 4.79 Å². The standard InChI is InChI=1S/C13H14O4/c1-16-11-5-8-3-4-9(7-14)13(15)10(8)6-12(11)17-2/h5-7,14H,3-4H2,1-2H3/b9-7-. The third-order valence-corrected chi connectivity index (χ3v) is 2.97. The van der Waals surface area contributed by atoms with Gasteiger partial charge >= 0.3 is 0 Å². The Morgan fingerprint density at radius 3 is 2.41 bits per heavy atom. The second-order valence-electron chi connectivity index (χ2n) is 3.85. The summed E-state index contributed by atoms with van der Waals surface area (Å²) in [6.45, 7) is 0. The molecule has 0 unspecified atom stereocenters. The van der Waals surface area contributed by atoms with Crippen molar-refractivity contribution in [3.8, 4) is 11.5 Å². The molecule has 0 saturated heterocycles. The summed E-state index contributed by atoms with van der Waals surface area (Å²) in [5, 5.41) is 8.98. The number of ether oxygens (including phenoxy) is 2. The molecule has 0 spiro atoms. The van der Waals surface area contributed by atoms with Gasteiger partial charge in [-0.2, -0.15) is 0 Å². The van der Waals surface area contributed by atoms with Crippen LogP contribution in [0.3, 0.4) is 0 Å². The Morgan fingerprint density at radius 2 is 1.82 bits per heavy atom. The fourth-order valence-electron chi connectivity index (χ4n) is 2.02. The van der Waals surface area contributed by atoms with Gasteiger partial charge in [-0.25, -0.2) is 0 Å². The Labute approximate surface area is 99.5 Å². The summed E-state index contributed by atoms with van der Waals surface area (Å²) in [6, 6.07) is 3.49. The molecule has 0 fully saturated rings. The van der Waals surface area contributed by atoms with Crippen molar-refractivity contribution >= 4 is 5.78 Å². The molecule has 0 aliphatic heterocycles. The van der Waals surface area contributed by atoms with Gasteiger partial charge in [0, 0.05) is 11.1 Å². The van der Waals surface area contributed by atoms with Crippen molar-refractivity contribution in [3.05, 3.63) is 35.1 Å². The van der Waals surface area contributed by atoms with Crippen LogP contribution in [0.4, 0.5) is 0 Å². The van der Waals surface area contributed by atoms with Gasteiger partial charge < -0.3 is 14.6 Å². The molecule has 0 heterocycles. The highest BCUT2D eigenvalue weighted by Crippen LogP contribution is 2.35. The zero-order valence-electron chi connectivity index (χ0n) is 9.82. The van der Waals surface area contributed by atoms with Crippen LogP contribution in [-0.4, -0.2) is 25.1 Å². The molecule has 17 heavy (non-hydrogen) atoms. The van der Waals surface area contributed by atoms with Crippen LogP contribution in [0.1, 0.15) is 22.3 Å². The molecule has 1 aromatic rings. The van der Waals surface area contributed by atoms with Crippen molar-refractivity contribution in [2.24, 2.45) is 0 Å². The van der Waals surface area contributed by atoms with Crippen LogP contribution in [0, 0.1) is 0 Å². The molecule has 0 bridgehead atoms. The van der Waals surface area contributed by atoms with E-state index >= 15 is 0 Å². The van der Waals surface area contributed by atoms with E-state index in [0.29, 0.717) is 35.5 Å². The van der Waals surface area contributed by atoms with E-state index in [-0.39, 0.29) is 5.78 Å². The Bertz CT molecular complexity index is 488. The van der Waals surface area contributed by atoms with Crippen molar-refractivity contribution in [2.75, 3.05) is 14.2 Å². The number of rotatable bonds is 2. The summed E-state index contributed by atoms with van der Waals surface area (Å²) < 4.78 is 10.4. The average Bonchev–Trinajstić information content (AvgIpc) is 2.38. The van der Waals surface area contributed by atoms with Crippen LogP contribution in [0.2, 0.25) is 0 Å². The molecule has 2 rings (SSSR count). The topological polar surface area (TPSA) is 55.8 Å². The first-order valence-corrected chi connectivity index (χ1v) is 5.34. The average molecular weight is 234 g/mol. The fourth-order valence-corrected chi connectivity index (χ4v) is 2.02. The number of hydrogen-bond acceptors (Lipinski definition) is 4. The van der Waals surface area contributed by atoms with Crippen LogP contribution in [-0.2, 0) is 6.42 Å². The predicted molar refractivity (Wildman–Crippen MR) is 62.9 cm³/mol. The largest absolute Gasteiger partial charge is 0.515 e. The number of aryl methyl sites for hydroxylation is 1. The van der Waals surface area contributed by atoms with Gasteiger partial charge in [-0.05, 0) is 30.5 Å². The van der Waals surface area contributed by atoms with E-state index in [0.717, 1.165) is 11.8 Å². The van der Waals surface area contributed by atoms with E-state index in [1.807, 2.05) is 6.07 Å². The Hall–Kier alpha value is -1.97. The number of fused-ring (bicyclic) bond motifs is 1. The molecule has 0 amide bonds. The van der Waals surface area contributed by atoms with Crippen molar-refractivity contribution in [1.82, 2.24) is 0 Å². The van der Waals surface area contributed by atoms with E-state index in [1.54, 1.807) is 13.2 Å². The number of aliphatic hydroxyl groups excluding tert-OH is 1. The van der Waals surface area contributed by atoms with Gasteiger partial charge in [-0.1, -0.05) is 0 Å². The number of carbonyl (C=O) groups excluding carboxylic acids is 1. The van der Waals surface area contributed by atoms with E-state index < -0.39 is 0 Å². The first kappa shape index (κ1) is 11.5. The number of aliphatic hydroxyl groups is 1. The highest BCUT2D eigenvalue weighted by atomic mass is 16.5. The third kappa shape index (κ3) is 1.86. The van der Waals surface area contributed by atoms with Gasteiger partial charge in [0.15, 0.2) is 17.3 Å². The van der Waals surface area contributed by atoms with Crippen LogP contribution in [0.5, 0.6) is 11.5 Å². The minimum atomic E-state index is -0.144. The summed E-state index contributed by atoms with van der Waals surface area (Å²) in [5.41, 5.74) is 1.94. The zero-order chi connectivity index (χ0) is 12.4. The molecule has 0 radical (unpaired) electrons. The number of hydrogen-bond donors (Lipinski definition) is 1. The summed E-state index contributed by atoms with van der Waals surface area (Å²) in [6.07, 6.45) is 2.16. The maximum atomic E-state index is 12.0. The first-order valence-electron chi connectivity index (χ1n) is 5.34. The van der Waals surface area contributed by atoms with E-state index in [2.05, 4.69) is 0 Å². The number of carbonyl (C=O) groups is 1. The van der Waals surface area contributed by atoms with Crippen molar-refractivity contribution in [2.45, 2.75) is 12.8 Å². The van der Waals surface area contributed by atoms with E-state index in [4.69, 9.17) is 14.6 Å². The molecule has 4 heteroatoms. The lowest BCUT2D eigenvalue weighted by molar-refractivity contribution is 0.102. The molecular weight excluding hydrogens is 220 g/mol. The van der Waals surface area contributed by atoms with Crippen molar-refractivity contribution in [3.63, 3.8) is 0 Å². The summed E-state index contributed by atoms with van der Waals surface area (Å²) >= 11 is 0. The SMILES string of the molecule is COc1cc2c(cc1OC)C(=O)/C(=C\O)CC2. The molecule has 1 aliphatic carbocycles. The Kier molecular flexibility index (Phi) is 3.04. The van der Waals surface area contributed by atoms with E-state index in [1.165, 1.54) is 7.11 Å². The second kappa shape index (κ2) is 4.49. The molecule has 1 aromatic carbocycles. The molecule has 0 saturated carbocycles. The van der Waals surface area contributed by atoms with Crippen LogP contribution >= 0.6 is 0 Å². The quantitative estimate of drug-likeness (QED) is 0.630. The van der Waals surface area contributed by atoms with Crippen LogP contribution < -0.4 is 9.47 Å². The molecule has 0 aromatic heterocycles. The minimum Gasteiger partial charge on any atom is -0.515 e. The lowest BCUT2D eigenvalue weighted by atomic mass is 9.87. The molecular formula is C13H14O4. The van der Waals surface area contributed by atoms with Gasteiger partial charge in [0.05, 0.1) is 20.5 Å². The molecule has 90 valence electrons.